The second-order valence-corrected chi connectivity index (χ2v) is 17.9. The Kier molecular flexibility index (Phi) is 15.0. The van der Waals surface area contributed by atoms with Gasteiger partial charge < -0.3 is 48.4 Å². The molecule has 0 radical (unpaired) electrons. The Morgan fingerprint density at radius 3 is 2.49 bits per heavy atom. The van der Waals surface area contributed by atoms with E-state index in [-0.39, 0.29) is 56.7 Å². The van der Waals surface area contributed by atoms with E-state index in [1.165, 1.54) is 0 Å². The Morgan fingerprint density at radius 2 is 1.75 bits per heavy atom. The molecule has 1 amide bonds. The molecule has 2 N–H and O–H groups in total. The Labute approximate surface area is 375 Å². The SMILES string of the molecule is C=CCOC12Oc3ccc(Oc4ccc(SC)cc4)cc3C3C(CCCCO)C(CCCCO)C=C(C(=NOC4CCCCO4)CC1N(CCC)C(=O)c1ccc4c(c1)OCO4)C32. The first-order chi connectivity index (χ1) is 30.9. The van der Waals surface area contributed by atoms with Gasteiger partial charge in [-0.15, -0.1) is 18.3 Å². The fraction of sp³-hybridized carbons (Fsp3) is 0.520. The molecule has 338 valence electrons. The summed E-state index contributed by atoms with van der Waals surface area (Å²) in [5.74, 6) is 1.13. The second kappa shape index (κ2) is 21.0. The molecule has 8 rings (SSSR count). The normalized spacial score (nSPS) is 26.2. The third-order valence-corrected chi connectivity index (χ3v) is 13.8. The van der Waals surface area contributed by atoms with Crippen LogP contribution in [0.15, 0.2) is 95.0 Å². The molecule has 2 aliphatic carbocycles. The summed E-state index contributed by atoms with van der Waals surface area (Å²) in [6.07, 6.45) is 14.0. The predicted octanol–water partition coefficient (Wildman–Crippen LogP) is 9.64. The highest BCUT2D eigenvalue weighted by Gasteiger charge is 2.65. The van der Waals surface area contributed by atoms with Crippen molar-refractivity contribution in [3.05, 3.63) is 96.1 Å². The largest absolute Gasteiger partial charge is 0.459 e. The predicted molar refractivity (Wildman–Crippen MR) is 242 cm³/mol. The molecule has 0 bridgehead atoms. The van der Waals surface area contributed by atoms with E-state index in [0.717, 1.165) is 72.4 Å². The topological polar surface area (TPSA) is 138 Å². The van der Waals surface area contributed by atoms with Crippen LogP contribution < -0.4 is 18.9 Å². The van der Waals surface area contributed by atoms with Crippen molar-refractivity contribution in [2.45, 2.75) is 106 Å². The van der Waals surface area contributed by atoms with Crippen molar-refractivity contribution in [2.24, 2.45) is 22.9 Å². The summed E-state index contributed by atoms with van der Waals surface area (Å²) in [7, 11) is 0. The summed E-state index contributed by atoms with van der Waals surface area (Å²) in [5.41, 5.74) is 3.16. The van der Waals surface area contributed by atoms with Crippen molar-refractivity contribution in [2.75, 3.05) is 46.0 Å². The van der Waals surface area contributed by atoms with E-state index in [1.54, 1.807) is 36.0 Å². The molecular weight excluding hydrogens is 821 g/mol. The van der Waals surface area contributed by atoms with Crippen molar-refractivity contribution in [3.63, 3.8) is 0 Å². The molecule has 7 atom stereocenters. The molecule has 63 heavy (non-hydrogen) atoms. The van der Waals surface area contributed by atoms with Crippen LogP contribution in [0.3, 0.4) is 0 Å². The number of fused-ring (bicyclic) bond motifs is 3. The van der Waals surface area contributed by atoms with E-state index in [9.17, 15) is 10.2 Å². The van der Waals surface area contributed by atoms with Gasteiger partial charge in [-0.2, -0.15) is 0 Å². The first-order valence-electron chi connectivity index (χ1n) is 22.8. The molecular formula is C50H62N2O10S. The summed E-state index contributed by atoms with van der Waals surface area (Å²) in [6, 6.07) is 18.7. The van der Waals surface area contributed by atoms with Crippen LogP contribution in [0, 0.1) is 17.8 Å². The summed E-state index contributed by atoms with van der Waals surface area (Å²) in [4.78, 5) is 24.5. The molecule has 2 fully saturated rings. The number of carbonyl (C=O) groups excluding carboxylic acids is 1. The lowest BCUT2D eigenvalue weighted by molar-refractivity contribution is -0.254. The Balaban J connectivity index is 1.32. The van der Waals surface area contributed by atoms with E-state index >= 15 is 4.79 Å². The number of hydrogen-bond acceptors (Lipinski definition) is 12. The minimum Gasteiger partial charge on any atom is -0.459 e. The van der Waals surface area contributed by atoms with Crippen LogP contribution in [0.5, 0.6) is 28.7 Å². The third kappa shape index (κ3) is 9.64. The van der Waals surface area contributed by atoms with Crippen LogP contribution in [0.1, 0.15) is 99.4 Å². The maximum atomic E-state index is 15.2. The van der Waals surface area contributed by atoms with Crippen LogP contribution in [0.2, 0.25) is 0 Å². The maximum absolute atomic E-state index is 15.2. The number of nitrogens with zero attached hydrogens (tertiary/aromatic N) is 2. The van der Waals surface area contributed by atoms with Gasteiger partial charge in [0.15, 0.2) is 11.5 Å². The highest BCUT2D eigenvalue weighted by Crippen LogP contribution is 2.62. The standard InChI is InChI=1S/C50H62N2O10S/c1-4-23-52(49(55)34-15-21-43-44(29-34)58-32-57-43)45-31-41(51-62-46-14-8-11-27-56-46)39-28-33(12-6-9-24-53)38(13-7-10-25-54)47-40-30-36(60-35-16-19-37(63-3)20-17-35)18-22-42(40)61-50(45,48(39)47)59-26-5-2/h5,15-22,28-30,33,38,45-48,53-54H,2,4,6-14,23-27,31-32H2,1,3H3. The average molecular weight is 883 g/mol. The molecule has 0 spiro atoms. The number of ether oxygens (including phenoxy) is 6. The van der Waals surface area contributed by atoms with Gasteiger partial charge in [0.05, 0.1) is 24.8 Å². The van der Waals surface area contributed by atoms with Gasteiger partial charge in [-0.1, -0.05) is 37.1 Å². The minimum absolute atomic E-state index is 0.0706. The van der Waals surface area contributed by atoms with Gasteiger partial charge in [-0.3, -0.25) is 4.79 Å². The molecule has 1 saturated carbocycles. The van der Waals surface area contributed by atoms with E-state index in [4.69, 9.17) is 38.4 Å². The number of oxime groups is 1. The van der Waals surface area contributed by atoms with Gasteiger partial charge in [0.25, 0.3) is 5.91 Å². The summed E-state index contributed by atoms with van der Waals surface area (Å²) < 4.78 is 38.5. The van der Waals surface area contributed by atoms with Crippen molar-refractivity contribution in [1.82, 2.24) is 4.90 Å². The van der Waals surface area contributed by atoms with E-state index < -0.39 is 24.0 Å². The molecule has 3 aliphatic heterocycles. The Morgan fingerprint density at radius 1 is 0.968 bits per heavy atom. The smallest absolute Gasteiger partial charge is 0.254 e. The molecule has 3 aromatic rings. The van der Waals surface area contributed by atoms with Crippen molar-refractivity contribution in [3.8, 4) is 28.7 Å². The Hall–Kier alpha value is -4.53. The van der Waals surface area contributed by atoms with Crippen molar-refractivity contribution < 1.29 is 48.3 Å². The van der Waals surface area contributed by atoms with Crippen LogP contribution in [0.25, 0.3) is 0 Å². The quantitative estimate of drug-likeness (QED) is 0.0486. The fourth-order valence-corrected chi connectivity index (χ4v) is 10.7. The number of hydrogen-bond donors (Lipinski definition) is 2. The van der Waals surface area contributed by atoms with Gasteiger partial charge in [0.2, 0.25) is 18.9 Å². The molecule has 7 unspecified atom stereocenters. The molecule has 12 nitrogen and oxygen atoms in total. The lowest BCUT2D eigenvalue weighted by Gasteiger charge is -2.60. The first-order valence-corrected chi connectivity index (χ1v) is 24.0. The maximum Gasteiger partial charge on any atom is 0.254 e. The van der Waals surface area contributed by atoms with Gasteiger partial charge in [-0.05, 0) is 129 Å². The third-order valence-electron chi connectivity index (χ3n) is 13.1. The fourth-order valence-electron chi connectivity index (χ4n) is 10.2. The van der Waals surface area contributed by atoms with Crippen LogP contribution in [0.4, 0.5) is 0 Å². The van der Waals surface area contributed by atoms with Gasteiger partial charge in [0, 0.05) is 54.5 Å². The average Bonchev–Trinajstić information content (AvgIpc) is 3.79. The number of benzene rings is 3. The zero-order valence-corrected chi connectivity index (χ0v) is 37.4. The number of aliphatic hydroxyl groups is 2. The zero-order chi connectivity index (χ0) is 43.8. The zero-order valence-electron chi connectivity index (χ0n) is 36.6. The molecule has 3 heterocycles. The molecule has 0 aromatic heterocycles. The van der Waals surface area contributed by atoms with E-state index in [0.29, 0.717) is 61.0 Å². The number of thioether (sulfide) groups is 1. The minimum atomic E-state index is -1.39. The molecule has 3 aromatic carbocycles. The van der Waals surface area contributed by atoms with Gasteiger partial charge in [-0.25, -0.2) is 0 Å². The van der Waals surface area contributed by atoms with Gasteiger partial charge >= 0.3 is 0 Å². The first kappa shape index (κ1) is 45.1. The lowest BCUT2D eigenvalue weighted by Crippen LogP contribution is -2.70. The van der Waals surface area contributed by atoms with Crippen molar-refractivity contribution >= 4 is 23.4 Å². The summed E-state index contributed by atoms with van der Waals surface area (Å²) in [5, 5.41) is 25.0. The number of allylic oxidation sites excluding steroid dienone is 1. The molecule has 5 aliphatic rings. The van der Waals surface area contributed by atoms with E-state index in [2.05, 4.69) is 44.0 Å². The van der Waals surface area contributed by atoms with Crippen LogP contribution >= 0.6 is 11.8 Å². The Bertz CT molecular complexity index is 2100. The number of carbonyl (C=O) groups is 1. The van der Waals surface area contributed by atoms with Crippen LogP contribution in [-0.4, -0.2) is 90.9 Å². The van der Waals surface area contributed by atoms with Crippen LogP contribution in [-0.2, 0) is 14.3 Å². The monoisotopic (exact) mass is 882 g/mol. The number of rotatable bonds is 20. The highest BCUT2D eigenvalue weighted by molar-refractivity contribution is 7.98. The number of amides is 1. The molecule has 1 saturated heterocycles. The molecule has 13 heteroatoms. The summed E-state index contributed by atoms with van der Waals surface area (Å²) >= 11 is 1.68. The second-order valence-electron chi connectivity index (χ2n) is 17.0. The van der Waals surface area contributed by atoms with Crippen molar-refractivity contribution in [1.29, 1.82) is 0 Å². The number of unbranched alkanes of at least 4 members (excludes halogenated alkanes) is 2. The lowest BCUT2D eigenvalue weighted by atomic mass is 9.55. The highest BCUT2D eigenvalue weighted by atomic mass is 32.2. The summed E-state index contributed by atoms with van der Waals surface area (Å²) in [6.45, 7) is 7.64. The van der Waals surface area contributed by atoms with Gasteiger partial charge in [0.1, 0.15) is 23.3 Å². The van der Waals surface area contributed by atoms with E-state index in [1.807, 2.05) is 29.2 Å². The number of aliphatic hydroxyl groups excluding tert-OH is 2.